The van der Waals surface area contributed by atoms with E-state index in [0.29, 0.717) is 6.54 Å². The third-order valence-corrected chi connectivity index (χ3v) is 2.64. The Balaban J connectivity index is 2.15. The minimum atomic E-state index is -1.57. The Morgan fingerprint density at radius 2 is 1.88 bits per heavy atom. The molecule has 5 heteroatoms. The lowest BCUT2D eigenvalue weighted by atomic mass is 10.3. The summed E-state index contributed by atoms with van der Waals surface area (Å²) in [7, 11) is -1.57. The topological polar surface area (TPSA) is 50.7 Å². The van der Waals surface area contributed by atoms with Gasteiger partial charge in [-0.1, -0.05) is 18.2 Å². The zero-order chi connectivity index (χ0) is 12.7. The van der Waals surface area contributed by atoms with Crippen LogP contribution < -0.4 is 10.2 Å². The monoisotopic (exact) mass is 255 g/mol. The summed E-state index contributed by atoms with van der Waals surface area (Å²) < 4.78 is 10.8. The number of aliphatic hydroxyl groups excluding tert-OH is 1. The van der Waals surface area contributed by atoms with E-state index in [0.717, 1.165) is 5.75 Å². The summed E-state index contributed by atoms with van der Waals surface area (Å²) in [5.41, 5.74) is 2.79. The van der Waals surface area contributed by atoms with Gasteiger partial charge in [0.25, 0.3) is 0 Å². The predicted octanol–water partition coefficient (Wildman–Crippen LogP) is 1.78. The fourth-order valence-electron chi connectivity index (χ4n) is 1.12. The van der Waals surface area contributed by atoms with E-state index in [1.165, 1.54) is 0 Å². The first-order chi connectivity index (χ1) is 7.97. The van der Waals surface area contributed by atoms with Gasteiger partial charge in [-0.15, -0.1) is 0 Å². The summed E-state index contributed by atoms with van der Waals surface area (Å²) in [6.07, 6.45) is -0.577. The summed E-state index contributed by atoms with van der Waals surface area (Å²) in [5.74, 6) is 0.762. The van der Waals surface area contributed by atoms with Crippen LogP contribution in [0.5, 0.6) is 5.75 Å². The van der Waals surface area contributed by atoms with Crippen LogP contribution in [0.2, 0.25) is 19.6 Å². The van der Waals surface area contributed by atoms with Crippen LogP contribution in [0.3, 0.4) is 0 Å². The van der Waals surface area contributed by atoms with Gasteiger partial charge in [0, 0.05) is 6.54 Å². The van der Waals surface area contributed by atoms with E-state index in [4.69, 9.17) is 9.26 Å². The van der Waals surface area contributed by atoms with Crippen molar-refractivity contribution < 1.29 is 14.4 Å². The zero-order valence-corrected chi connectivity index (χ0v) is 11.6. The number of ether oxygens (including phenoxy) is 1. The van der Waals surface area contributed by atoms with E-state index >= 15 is 0 Å². The lowest BCUT2D eigenvalue weighted by molar-refractivity contribution is 0.0675. The van der Waals surface area contributed by atoms with Crippen molar-refractivity contribution in [3.63, 3.8) is 0 Å². The highest BCUT2D eigenvalue weighted by Crippen LogP contribution is 2.08. The molecule has 1 aromatic rings. The molecule has 0 radical (unpaired) electrons. The van der Waals surface area contributed by atoms with Gasteiger partial charge in [0.2, 0.25) is 8.32 Å². The number of nitrogens with one attached hydrogen (secondary N) is 1. The summed E-state index contributed by atoms with van der Waals surface area (Å²) in [6, 6.07) is 9.44. The van der Waals surface area contributed by atoms with Gasteiger partial charge in [0.1, 0.15) is 18.5 Å². The first-order valence-electron chi connectivity index (χ1n) is 5.74. The second kappa shape index (κ2) is 6.76. The Kier molecular flexibility index (Phi) is 5.63. The summed E-state index contributed by atoms with van der Waals surface area (Å²) in [5, 5.41) is 9.66. The zero-order valence-electron chi connectivity index (χ0n) is 10.6. The molecule has 0 saturated carbocycles. The minimum Gasteiger partial charge on any atom is -0.491 e. The van der Waals surface area contributed by atoms with Crippen LogP contribution in [0, 0.1) is 0 Å². The molecule has 0 aliphatic heterocycles. The molecule has 1 unspecified atom stereocenters. The van der Waals surface area contributed by atoms with Crippen LogP contribution in [-0.2, 0) is 4.53 Å². The lowest BCUT2D eigenvalue weighted by Gasteiger charge is -2.19. The molecular weight excluding hydrogens is 234 g/mol. The first-order valence-corrected chi connectivity index (χ1v) is 9.15. The third kappa shape index (κ3) is 7.12. The molecule has 1 rings (SSSR count). The maximum atomic E-state index is 9.66. The van der Waals surface area contributed by atoms with Crippen molar-refractivity contribution in [2.45, 2.75) is 25.7 Å². The van der Waals surface area contributed by atoms with Gasteiger partial charge in [0.05, 0.1) is 0 Å². The van der Waals surface area contributed by atoms with Gasteiger partial charge in [-0.3, -0.25) is 0 Å². The molecule has 0 saturated heterocycles. The van der Waals surface area contributed by atoms with Crippen LogP contribution in [0.25, 0.3) is 0 Å². The van der Waals surface area contributed by atoms with Gasteiger partial charge >= 0.3 is 0 Å². The standard InChI is InChI=1S/C12H21NO3Si/c1-17(2,3)16-13-9-11(14)10-15-12-7-5-4-6-8-12/h4-8,11,13-14H,9-10H2,1-3H3. The van der Waals surface area contributed by atoms with Gasteiger partial charge in [-0.05, 0) is 31.8 Å². The maximum Gasteiger partial charge on any atom is 0.211 e. The molecule has 0 aromatic heterocycles. The number of benzene rings is 1. The molecule has 2 N–H and O–H groups in total. The third-order valence-electron chi connectivity index (χ3n) is 1.88. The quantitative estimate of drug-likeness (QED) is 0.576. The van der Waals surface area contributed by atoms with Crippen LogP contribution >= 0.6 is 0 Å². The number of rotatable bonds is 7. The summed E-state index contributed by atoms with van der Waals surface area (Å²) >= 11 is 0. The molecule has 0 aliphatic rings. The molecule has 0 fully saturated rings. The van der Waals surface area contributed by atoms with Crippen molar-refractivity contribution in [2.24, 2.45) is 0 Å². The molecule has 0 amide bonds. The highest BCUT2D eigenvalue weighted by atomic mass is 28.4. The van der Waals surface area contributed by atoms with E-state index in [-0.39, 0.29) is 6.61 Å². The Bertz CT molecular complexity index is 313. The fraction of sp³-hybridized carbons (Fsp3) is 0.500. The number of hydroxylamine groups is 1. The van der Waals surface area contributed by atoms with Crippen molar-refractivity contribution in [3.05, 3.63) is 30.3 Å². The van der Waals surface area contributed by atoms with E-state index in [2.05, 4.69) is 25.1 Å². The average molecular weight is 255 g/mol. The van der Waals surface area contributed by atoms with Crippen LogP contribution in [0.15, 0.2) is 30.3 Å². The van der Waals surface area contributed by atoms with E-state index in [9.17, 15) is 5.11 Å². The SMILES string of the molecule is C[Si](C)(C)ONCC(O)COc1ccccc1. The molecule has 0 spiro atoms. The molecule has 1 aromatic carbocycles. The fourth-order valence-corrected chi connectivity index (χ4v) is 1.64. The molecule has 4 nitrogen and oxygen atoms in total. The van der Waals surface area contributed by atoms with Crippen molar-refractivity contribution in [1.29, 1.82) is 0 Å². The van der Waals surface area contributed by atoms with Gasteiger partial charge in [-0.2, -0.15) is 0 Å². The second-order valence-corrected chi connectivity index (χ2v) is 9.27. The highest BCUT2D eigenvalue weighted by molar-refractivity contribution is 6.69. The summed E-state index contributed by atoms with van der Waals surface area (Å²) in [4.78, 5) is 0. The Morgan fingerprint density at radius 1 is 1.24 bits per heavy atom. The Hall–Kier alpha value is -0.883. The van der Waals surface area contributed by atoms with Gasteiger partial charge in [0.15, 0.2) is 0 Å². The maximum absolute atomic E-state index is 9.66. The molecule has 0 heterocycles. The van der Waals surface area contributed by atoms with Crippen molar-refractivity contribution in [3.8, 4) is 5.75 Å². The van der Waals surface area contributed by atoms with Crippen molar-refractivity contribution >= 4 is 8.32 Å². The van der Waals surface area contributed by atoms with Crippen LogP contribution in [-0.4, -0.2) is 32.7 Å². The van der Waals surface area contributed by atoms with Crippen LogP contribution in [0.4, 0.5) is 0 Å². The molecule has 0 aliphatic carbocycles. The Morgan fingerprint density at radius 3 is 2.47 bits per heavy atom. The van der Waals surface area contributed by atoms with E-state index < -0.39 is 14.4 Å². The second-order valence-electron chi connectivity index (χ2n) is 4.84. The van der Waals surface area contributed by atoms with Gasteiger partial charge in [-0.25, -0.2) is 5.48 Å². The molecule has 17 heavy (non-hydrogen) atoms. The summed E-state index contributed by atoms with van der Waals surface area (Å²) in [6.45, 7) is 6.86. The largest absolute Gasteiger partial charge is 0.491 e. The van der Waals surface area contributed by atoms with Crippen LogP contribution in [0.1, 0.15) is 0 Å². The first kappa shape index (κ1) is 14.2. The predicted molar refractivity (Wildman–Crippen MR) is 70.4 cm³/mol. The van der Waals surface area contributed by atoms with Crippen molar-refractivity contribution in [1.82, 2.24) is 5.48 Å². The average Bonchev–Trinajstić information content (AvgIpc) is 2.26. The lowest BCUT2D eigenvalue weighted by Crippen LogP contribution is -2.39. The number of aliphatic hydroxyl groups is 1. The highest BCUT2D eigenvalue weighted by Gasteiger charge is 2.15. The van der Waals surface area contributed by atoms with Gasteiger partial charge < -0.3 is 14.4 Å². The van der Waals surface area contributed by atoms with E-state index in [1.807, 2.05) is 30.3 Å². The number of hydrogen-bond acceptors (Lipinski definition) is 4. The molecule has 0 bridgehead atoms. The smallest absolute Gasteiger partial charge is 0.211 e. The normalized spacial score (nSPS) is 13.4. The molecular formula is C12H21NO3Si. The Labute approximate surface area is 104 Å². The number of hydrogen-bond donors (Lipinski definition) is 2. The molecule has 96 valence electrons. The van der Waals surface area contributed by atoms with Crippen molar-refractivity contribution in [2.75, 3.05) is 13.2 Å². The molecule has 1 atom stereocenters. The number of para-hydroxylation sites is 1. The van der Waals surface area contributed by atoms with E-state index in [1.54, 1.807) is 0 Å². The minimum absolute atomic E-state index is 0.256.